The van der Waals surface area contributed by atoms with Gasteiger partial charge in [-0.05, 0) is 31.8 Å². The van der Waals surface area contributed by atoms with E-state index in [2.05, 4.69) is 4.99 Å². The topological polar surface area (TPSA) is 70.0 Å². The van der Waals surface area contributed by atoms with E-state index in [9.17, 15) is 14.4 Å². The number of hydrogen-bond donors (Lipinski definition) is 0. The Morgan fingerprint density at radius 1 is 1.00 bits per heavy atom. The first-order chi connectivity index (χ1) is 10.7. The van der Waals surface area contributed by atoms with Gasteiger partial charge in [0.05, 0.1) is 0 Å². The number of allylic oxidation sites excluding steroid dienone is 1. The smallest absolute Gasteiger partial charge is 0.262 e. The van der Waals surface area contributed by atoms with Crippen LogP contribution in [-0.4, -0.2) is 59.9 Å². The summed E-state index contributed by atoms with van der Waals surface area (Å²) in [4.78, 5) is 43.7. The van der Waals surface area contributed by atoms with Crippen molar-refractivity contribution in [2.75, 3.05) is 26.2 Å². The van der Waals surface area contributed by atoms with Crippen LogP contribution >= 0.6 is 0 Å². The van der Waals surface area contributed by atoms with E-state index in [4.69, 9.17) is 0 Å². The third-order valence-corrected chi connectivity index (χ3v) is 4.70. The largest absolute Gasteiger partial charge is 0.342 e. The van der Waals surface area contributed by atoms with Crippen LogP contribution in [0, 0.1) is 11.8 Å². The van der Waals surface area contributed by atoms with Crippen LogP contribution in [0.4, 0.5) is 0 Å². The molecule has 2 saturated heterocycles. The quantitative estimate of drug-likeness (QED) is 0.703. The molecule has 0 spiro atoms. The first kappa shape index (κ1) is 14.9. The van der Waals surface area contributed by atoms with E-state index < -0.39 is 11.8 Å². The highest BCUT2D eigenvalue weighted by molar-refractivity contribution is 6.07. The highest BCUT2D eigenvalue weighted by atomic mass is 16.2. The van der Waals surface area contributed by atoms with E-state index in [1.807, 2.05) is 4.90 Å². The maximum Gasteiger partial charge on any atom is 0.262 e. The molecule has 1 atom stereocenters. The zero-order valence-corrected chi connectivity index (χ0v) is 12.6. The average Bonchev–Trinajstić information content (AvgIpc) is 3.09. The molecule has 3 heterocycles. The van der Waals surface area contributed by atoms with Gasteiger partial charge < -0.3 is 9.80 Å². The van der Waals surface area contributed by atoms with Crippen LogP contribution in [0.1, 0.15) is 25.7 Å². The van der Waals surface area contributed by atoms with Crippen LogP contribution in [0.15, 0.2) is 17.1 Å². The third-order valence-electron chi connectivity index (χ3n) is 4.70. The summed E-state index contributed by atoms with van der Waals surface area (Å²) in [6.07, 6.45) is 8.21. The number of hydrogen-bond acceptors (Lipinski definition) is 3. The van der Waals surface area contributed by atoms with Crippen molar-refractivity contribution in [2.45, 2.75) is 25.7 Å². The molecule has 2 fully saturated rings. The van der Waals surface area contributed by atoms with Gasteiger partial charge in [-0.25, -0.2) is 4.99 Å². The van der Waals surface area contributed by atoms with Crippen LogP contribution in [0.5, 0.6) is 0 Å². The molecule has 0 N–H and O–H groups in total. The second kappa shape index (κ2) is 6.42. The lowest BCUT2D eigenvalue weighted by molar-refractivity contribution is -0.143. The Balaban J connectivity index is 1.54. The lowest BCUT2D eigenvalue weighted by Gasteiger charge is -2.34. The maximum atomic E-state index is 12.4. The van der Waals surface area contributed by atoms with Crippen molar-refractivity contribution >= 4 is 23.9 Å². The van der Waals surface area contributed by atoms with Gasteiger partial charge in [-0.15, -0.1) is 0 Å². The van der Waals surface area contributed by atoms with Crippen LogP contribution in [0.2, 0.25) is 0 Å². The number of nitrogens with zero attached hydrogens (tertiary/aromatic N) is 3. The molecular weight excluding hydrogens is 282 g/mol. The summed E-state index contributed by atoms with van der Waals surface area (Å²) < 4.78 is 0. The Hall–Kier alpha value is -1.98. The normalized spacial score (nSPS) is 25.8. The average molecular weight is 303 g/mol. The molecule has 0 aromatic heterocycles. The fourth-order valence-corrected chi connectivity index (χ4v) is 3.37. The van der Waals surface area contributed by atoms with E-state index in [1.165, 1.54) is 6.21 Å². The molecule has 6 heteroatoms. The van der Waals surface area contributed by atoms with Gasteiger partial charge in [0.1, 0.15) is 5.92 Å². The number of likely N-dealkylation sites (tertiary alicyclic amines) is 2. The lowest BCUT2D eigenvalue weighted by Crippen LogP contribution is -2.46. The number of aliphatic imine (C=N–C) groups is 1. The van der Waals surface area contributed by atoms with Gasteiger partial charge in [0, 0.05) is 38.3 Å². The molecule has 0 aromatic rings. The summed E-state index contributed by atoms with van der Waals surface area (Å²) in [5.41, 5.74) is 0. The summed E-state index contributed by atoms with van der Waals surface area (Å²) in [7, 11) is 0. The Labute approximate surface area is 129 Å². The molecule has 0 saturated carbocycles. The maximum absolute atomic E-state index is 12.4. The zero-order chi connectivity index (χ0) is 15.5. The highest BCUT2D eigenvalue weighted by Gasteiger charge is 2.34. The Kier molecular flexibility index (Phi) is 4.36. The van der Waals surface area contributed by atoms with E-state index in [-0.39, 0.29) is 17.7 Å². The van der Waals surface area contributed by atoms with Gasteiger partial charge in [0.2, 0.25) is 11.8 Å². The minimum atomic E-state index is -0.782. The predicted molar refractivity (Wildman–Crippen MR) is 81.2 cm³/mol. The van der Waals surface area contributed by atoms with E-state index in [1.54, 1.807) is 17.1 Å². The Morgan fingerprint density at radius 2 is 1.64 bits per heavy atom. The standard InChI is InChI=1S/C16H21N3O3/c20-14-13(4-3-7-17-14)16(22)19-10-5-12(6-11-19)15(21)18-8-1-2-9-18/h3-4,7,12-13H,1-2,5-6,8-11H2. The molecule has 1 unspecified atom stereocenters. The summed E-state index contributed by atoms with van der Waals surface area (Å²) in [5.74, 6) is -1.11. The number of rotatable bonds is 2. The Morgan fingerprint density at radius 3 is 2.27 bits per heavy atom. The summed E-state index contributed by atoms with van der Waals surface area (Å²) in [5, 5.41) is 0. The second-order valence-electron chi connectivity index (χ2n) is 6.11. The van der Waals surface area contributed by atoms with Gasteiger partial charge in [-0.3, -0.25) is 14.4 Å². The first-order valence-electron chi connectivity index (χ1n) is 7.99. The predicted octanol–water partition coefficient (Wildman–Crippen LogP) is 0.631. The molecule has 0 aromatic carbocycles. The molecule has 3 amide bonds. The lowest BCUT2D eigenvalue weighted by atomic mass is 9.94. The molecule has 3 aliphatic rings. The van der Waals surface area contributed by atoms with Crippen molar-refractivity contribution in [3.8, 4) is 0 Å². The molecule has 3 aliphatic heterocycles. The monoisotopic (exact) mass is 303 g/mol. The SMILES string of the molecule is O=C1N=CC=CC1C(=O)N1CCC(C(=O)N2CCCC2)CC1. The number of piperidine rings is 1. The molecule has 0 aliphatic carbocycles. The molecule has 22 heavy (non-hydrogen) atoms. The van der Waals surface area contributed by atoms with Gasteiger partial charge in [0.15, 0.2) is 0 Å². The highest BCUT2D eigenvalue weighted by Crippen LogP contribution is 2.23. The fourth-order valence-electron chi connectivity index (χ4n) is 3.37. The summed E-state index contributed by atoms with van der Waals surface area (Å²) in [6.45, 7) is 2.84. The van der Waals surface area contributed by atoms with Gasteiger partial charge in [-0.1, -0.05) is 6.08 Å². The number of amides is 3. The van der Waals surface area contributed by atoms with Gasteiger partial charge in [0.25, 0.3) is 5.91 Å². The number of dihydropyridines is 1. The third kappa shape index (κ3) is 2.96. The molecule has 0 radical (unpaired) electrons. The van der Waals surface area contributed by atoms with Crippen LogP contribution in [0.25, 0.3) is 0 Å². The fraction of sp³-hybridized carbons (Fsp3) is 0.625. The van der Waals surface area contributed by atoms with Gasteiger partial charge >= 0.3 is 0 Å². The minimum absolute atomic E-state index is 0.0257. The molecule has 118 valence electrons. The second-order valence-corrected chi connectivity index (χ2v) is 6.11. The molecule has 0 bridgehead atoms. The van der Waals surface area contributed by atoms with E-state index >= 15 is 0 Å². The minimum Gasteiger partial charge on any atom is -0.342 e. The van der Waals surface area contributed by atoms with Crippen molar-refractivity contribution in [3.05, 3.63) is 12.2 Å². The zero-order valence-electron chi connectivity index (χ0n) is 12.6. The van der Waals surface area contributed by atoms with Crippen molar-refractivity contribution in [1.29, 1.82) is 0 Å². The van der Waals surface area contributed by atoms with Crippen molar-refractivity contribution < 1.29 is 14.4 Å². The van der Waals surface area contributed by atoms with E-state index in [0.717, 1.165) is 25.9 Å². The number of carbonyl (C=O) groups is 3. The van der Waals surface area contributed by atoms with Crippen LogP contribution in [0.3, 0.4) is 0 Å². The molecule has 3 rings (SSSR count). The number of carbonyl (C=O) groups excluding carboxylic acids is 3. The van der Waals surface area contributed by atoms with Gasteiger partial charge in [-0.2, -0.15) is 0 Å². The summed E-state index contributed by atoms with van der Waals surface area (Å²) in [6, 6.07) is 0. The Bertz CT molecular complexity index is 527. The van der Waals surface area contributed by atoms with Crippen LogP contribution in [-0.2, 0) is 14.4 Å². The molecular formula is C16H21N3O3. The summed E-state index contributed by atoms with van der Waals surface area (Å²) >= 11 is 0. The van der Waals surface area contributed by atoms with E-state index in [0.29, 0.717) is 25.9 Å². The van der Waals surface area contributed by atoms with Crippen molar-refractivity contribution in [2.24, 2.45) is 16.8 Å². The molecule has 6 nitrogen and oxygen atoms in total. The van der Waals surface area contributed by atoms with Crippen molar-refractivity contribution in [1.82, 2.24) is 9.80 Å². The van der Waals surface area contributed by atoms with Crippen molar-refractivity contribution in [3.63, 3.8) is 0 Å². The van der Waals surface area contributed by atoms with Crippen LogP contribution < -0.4 is 0 Å². The first-order valence-corrected chi connectivity index (χ1v) is 7.99.